The van der Waals surface area contributed by atoms with Gasteiger partial charge < -0.3 is 0 Å². The topological polar surface area (TPSA) is 54.4 Å². The predicted octanol–water partition coefficient (Wildman–Crippen LogP) is 7.31. The highest BCUT2D eigenvalue weighted by atomic mass is 32.2. The van der Waals surface area contributed by atoms with E-state index in [-0.39, 0.29) is 5.75 Å². The molecule has 0 heterocycles. The highest BCUT2D eigenvalue weighted by Crippen LogP contribution is 2.44. The average molecular weight is 389 g/mol. The van der Waals surface area contributed by atoms with Crippen LogP contribution in [0.25, 0.3) is 0 Å². The molecule has 156 valence electrons. The normalized spacial score (nSPS) is 17.5. The minimum atomic E-state index is -3.80. The van der Waals surface area contributed by atoms with E-state index < -0.39 is 10.1 Å². The van der Waals surface area contributed by atoms with Crippen LogP contribution in [0.3, 0.4) is 0 Å². The van der Waals surface area contributed by atoms with Crippen molar-refractivity contribution in [2.75, 3.05) is 5.75 Å². The second kappa shape index (κ2) is 14.0. The highest BCUT2D eigenvalue weighted by molar-refractivity contribution is 7.85. The van der Waals surface area contributed by atoms with Crippen molar-refractivity contribution in [2.24, 2.45) is 5.41 Å². The van der Waals surface area contributed by atoms with E-state index in [1.807, 2.05) is 0 Å². The van der Waals surface area contributed by atoms with Crippen LogP contribution in [0.2, 0.25) is 0 Å². The fraction of sp³-hybridized carbons (Fsp3) is 1.00. The fourth-order valence-electron chi connectivity index (χ4n) is 4.72. The summed E-state index contributed by atoms with van der Waals surface area (Å²) in [6.07, 6.45) is 24.4. The standard InChI is InChI=1S/C22H44O3S/c1-2-3-4-5-6-7-8-9-10-11-13-17-22(18-14-12-15-19-22)20-16-21-26(23,24)25/h2-21H2,1H3,(H,23,24,25). The van der Waals surface area contributed by atoms with Crippen molar-refractivity contribution in [3.63, 3.8) is 0 Å². The summed E-state index contributed by atoms with van der Waals surface area (Å²) in [7, 11) is -3.80. The lowest BCUT2D eigenvalue weighted by atomic mass is 9.68. The van der Waals surface area contributed by atoms with Crippen molar-refractivity contribution < 1.29 is 13.0 Å². The average Bonchev–Trinajstić information content (AvgIpc) is 2.59. The lowest BCUT2D eigenvalue weighted by Crippen LogP contribution is -2.25. The first-order valence-corrected chi connectivity index (χ1v) is 13.0. The largest absolute Gasteiger partial charge is 0.286 e. The van der Waals surface area contributed by atoms with Gasteiger partial charge in [0.05, 0.1) is 5.75 Å². The molecule has 0 aromatic rings. The zero-order valence-corrected chi connectivity index (χ0v) is 18.1. The van der Waals surface area contributed by atoms with Gasteiger partial charge in [-0.25, -0.2) is 0 Å². The molecule has 26 heavy (non-hydrogen) atoms. The van der Waals surface area contributed by atoms with E-state index in [1.165, 1.54) is 109 Å². The van der Waals surface area contributed by atoms with Crippen LogP contribution in [0.1, 0.15) is 129 Å². The molecule has 1 fully saturated rings. The summed E-state index contributed by atoms with van der Waals surface area (Å²) in [5.74, 6) is -0.0625. The zero-order valence-electron chi connectivity index (χ0n) is 17.3. The Morgan fingerprint density at radius 2 is 1.15 bits per heavy atom. The van der Waals surface area contributed by atoms with Crippen molar-refractivity contribution >= 4 is 10.1 Å². The number of hydrogen-bond donors (Lipinski definition) is 1. The predicted molar refractivity (Wildman–Crippen MR) is 112 cm³/mol. The molecule has 0 aromatic heterocycles. The van der Waals surface area contributed by atoms with Crippen LogP contribution in [-0.4, -0.2) is 18.7 Å². The second-order valence-corrected chi connectivity index (χ2v) is 10.3. The molecule has 0 radical (unpaired) electrons. The van der Waals surface area contributed by atoms with Gasteiger partial charge in [-0.15, -0.1) is 0 Å². The molecule has 0 bridgehead atoms. The molecule has 0 amide bonds. The summed E-state index contributed by atoms with van der Waals surface area (Å²) in [6, 6.07) is 0. The van der Waals surface area contributed by atoms with Gasteiger partial charge in [0.25, 0.3) is 10.1 Å². The highest BCUT2D eigenvalue weighted by Gasteiger charge is 2.31. The molecule has 1 saturated carbocycles. The third-order valence-electron chi connectivity index (χ3n) is 6.33. The van der Waals surface area contributed by atoms with E-state index in [4.69, 9.17) is 4.55 Å². The van der Waals surface area contributed by atoms with E-state index in [9.17, 15) is 8.42 Å². The Hall–Kier alpha value is -0.0900. The summed E-state index contributed by atoms with van der Waals surface area (Å²) >= 11 is 0. The summed E-state index contributed by atoms with van der Waals surface area (Å²) in [5.41, 5.74) is 0.363. The molecular weight excluding hydrogens is 344 g/mol. The van der Waals surface area contributed by atoms with Crippen molar-refractivity contribution in [2.45, 2.75) is 129 Å². The molecule has 1 aliphatic carbocycles. The first-order valence-electron chi connectivity index (χ1n) is 11.4. The molecule has 1 aliphatic rings. The van der Waals surface area contributed by atoms with Crippen molar-refractivity contribution in [1.82, 2.24) is 0 Å². The Morgan fingerprint density at radius 3 is 1.65 bits per heavy atom. The van der Waals surface area contributed by atoms with Crippen molar-refractivity contribution in [3.05, 3.63) is 0 Å². The molecule has 1 N–H and O–H groups in total. The zero-order chi connectivity index (χ0) is 19.1. The smallest absolute Gasteiger partial charge is 0.264 e. The summed E-state index contributed by atoms with van der Waals surface area (Å²) < 4.78 is 31.0. The van der Waals surface area contributed by atoms with E-state index >= 15 is 0 Å². The van der Waals surface area contributed by atoms with Gasteiger partial charge in [0.2, 0.25) is 0 Å². The van der Waals surface area contributed by atoms with Gasteiger partial charge >= 0.3 is 0 Å². The van der Waals surface area contributed by atoms with Gasteiger partial charge in [-0.05, 0) is 37.5 Å². The second-order valence-electron chi connectivity index (χ2n) is 8.74. The molecule has 0 aliphatic heterocycles. The summed E-state index contributed by atoms with van der Waals surface area (Å²) in [6.45, 7) is 2.27. The molecule has 0 spiro atoms. The van der Waals surface area contributed by atoms with Gasteiger partial charge in [-0.2, -0.15) is 8.42 Å². The quantitative estimate of drug-likeness (QED) is 0.223. The Morgan fingerprint density at radius 1 is 0.692 bits per heavy atom. The van der Waals surface area contributed by atoms with Crippen LogP contribution in [-0.2, 0) is 10.1 Å². The van der Waals surface area contributed by atoms with Crippen LogP contribution >= 0.6 is 0 Å². The lowest BCUT2D eigenvalue weighted by molar-refractivity contribution is 0.150. The van der Waals surface area contributed by atoms with Gasteiger partial charge in [0.15, 0.2) is 0 Å². The van der Waals surface area contributed by atoms with Crippen molar-refractivity contribution in [1.29, 1.82) is 0 Å². The van der Waals surface area contributed by atoms with Gasteiger partial charge in [-0.3, -0.25) is 4.55 Å². The Kier molecular flexibility index (Phi) is 12.9. The Labute approximate surface area is 163 Å². The van der Waals surface area contributed by atoms with E-state index in [0.717, 1.165) is 6.42 Å². The van der Waals surface area contributed by atoms with E-state index in [2.05, 4.69) is 6.92 Å². The minimum Gasteiger partial charge on any atom is -0.286 e. The van der Waals surface area contributed by atoms with E-state index in [0.29, 0.717) is 11.8 Å². The molecule has 1 rings (SSSR count). The minimum absolute atomic E-state index is 0.0625. The Bertz CT molecular complexity index is 425. The number of hydrogen-bond acceptors (Lipinski definition) is 2. The van der Waals surface area contributed by atoms with Crippen molar-refractivity contribution in [3.8, 4) is 0 Å². The lowest BCUT2D eigenvalue weighted by Gasteiger charge is -2.38. The van der Waals surface area contributed by atoms with Crippen LogP contribution in [0, 0.1) is 5.41 Å². The van der Waals surface area contributed by atoms with Gasteiger partial charge in [-0.1, -0.05) is 96.8 Å². The molecule has 0 saturated heterocycles. The number of unbranched alkanes of at least 4 members (excludes halogenated alkanes) is 10. The van der Waals surface area contributed by atoms with Gasteiger partial charge in [0, 0.05) is 0 Å². The maximum atomic E-state index is 11.0. The molecule has 0 aromatic carbocycles. The van der Waals surface area contributed by atoms with Crippen LogP contribution < -0.4 is 0 Å². The molecule has 4 heteroatoms. The Balaban J connectivity index is 2.10. The third kappa shape index (κ3) is 12.3. The van der Waals surface area contributed by atoms with Gasteiger partial charge in [0.1, 0.15) is 0 Å². The fourth-order valence-corrected chi connectivity index (χ4v) is 5.23. The van der Waals surface area contributed by atoms with Crippen LogP contribution in [0.4, 0.5) is 0 Å². The van der Waals surface area contributed by atoms with Crippen LogP contribution in [0.15, 0.2) is 0 Å². The summed E-state index contributed by atoms with van der Waals surface area (Å²) in [5, 5.41) is 0. The summed E-state index contributed by atoms with van der Waals surface area (Å²) in [4.78, 5) is 0. The molecule has 0 unspecified atom stereocenters. The maximum absolute atomic E-state index is 11.0. The van der Waals surface area contributed by atoms with Crippen LogP contribution in [0.5, 0.6) is 0 Å². The third-order valence-corrected chi connectivity index (χ3v) is 7.14. The monoisotopic (exact) mass is 388 g/mol. The molecular formula is C22H44O3S. The molecule has 3 nitrogen and oxygen atoms in total. The maximum Gasteiger partial charge on any atom is 0.264 e. The first-order chi connectivity index (χ1) is 12.5. The van der Waals surface area contributed by atoms with E-state index in [1.54, 1.807) is 0 Å². The molecule has 0 atom stereocenters. The number of rotatable bonds is 16. The SMILES string of the molecule is CCCCCCCCCCCCCC1(CCCS(=O)(=O)O)CCCCC1. The first kappa shape index (κ1) is 23.9.